The van der Waals surface area contributed by atoms with Gasteiger partial charge in [0.2, 0.25) is 0 Å². The van der Waals surface area contributed by atoms with E-state index in [1.54, 1.807) is 0 Å². The van der Waals surface area contributed by atoms with Gasteiger partial charge in [0.05, 0.1) is 17.6 Å². The van der Waals surface area contributed by atoms with Gasteiger partial charge in [-0.2, -0.15) is 0 Å². The summed E-state index contributed by atoms with van der Waals surface area (Å²) >= 11 is 0. The molecule has 1 saturated heterocycles. The van der Waals surface area contributed by atoms with Gasteiger partial charge >= 0.3 is 0 Å². The van der Waals surface area contributed by atoms with Gasteiger partial charge < -0.3 is 10.3 Å². The first kappa shape index (κ1) is 13.3. The Morgan fingerprint density at radius 1 is 1.39 bits per heavy atom. The highest BCUT2D eigenvalue weighted by atomic mass is 35.5. The molecule has 1 aromatic carbocycles. The molecule has 0 aliphatic carbocycles. The summed E-state index contributed by atoms with van der Waals surface area (Å²) in [6, 6.07) is 8.60. The molecule has 0 radical (unpaired) electrons. The maximum absolute atomic E-state index is 5.92. The molecule has 0 bridgehead atoms. The van der Waals surface area contributed by atoms with Crippen molar-refractivity contribution >= 4 is 23.4 Å². The molecule has 3 rings (SSSR count). The third-order valence-electron chi connectivity index (χ3n) is 3.55. The zero-order chi connectivity index (χ0) is 11.8. The number of nitrogens with zero attached hydrogens (tertiary/aromatic N) is 3. The summed E-state index contributed by atoms with van der Waals surface area (Å²) in [5.74, 6) is 1.13. The number of benzene rings is 1. The van der Waals surface area contributed by atoms with E-state index in [9.17, 15) is 0 Å². The number of aromatic nitrogens is 2. The zero-order valence-corrected chi connectivity index (χ0v) is 11.4. The first-order chi connectivity index (χ1) is 8.24. The van der Waals surface area contributed by atoms with Gasteiger partial charge in [0, 0.05) is 26.2 Å². The zero-order valence-electron chi connectivity index (χ0n) is 10.5. The Balaban J connectivity index is 0.00000120. The van der Waals surface area contributed by atoms with Crippen molar-refractivity contribution in [1.82, 2.24) is 14.5 Å². The van der Waals surface area contributed by atoms with E-state index in [-0.39, 0.29) is 12.4 Å². The fourth-order valence-electron chi connectivity index (χ4n) is 2.54. The molecule has 1 aromatic heterocycles. The molecule has 18 heavy (non-hydrogen) atoms. The van der Waals surface area contributed by atoms with Crippen molar-refractivity contribution in [1.29, 1.82) is 0 Å². The van der Waals surface area contributed by atoms with Crippen molar-refractivity contribution in [3.05, 3.63) is 30.1 Å². The molecule has 0 spiro atoms. The van der Waals surface area contributed by atoms with Crippen LogP contribution in [0.25, 0.3) is 11.0 Å². The van der Waals surface area contributed by atoms with E-state index in [1.807, 2.05) is 6.07 Å². The SMILES string of the molecule is Cl.Cn1c(CN2CCC(N)C2)nc2ccccc21. The molecule has 2 N–H and O–H groups in total. The second-order valence-electron chi connectivity index (χ2n) is 4.86. The van der Waals surface area contributed by atoms with Crippen molar-refractivity contribution in [3.8, 4) is 0 Å². The maximum Gasteiger partial charge on any atom is 0.123 e. The predicted molar refractivity (Wildman–Crippen MR) is 75.8 cm³/mol. The van der Waals surface area contributed by atoms with Gasteiger partial charge in [-0.05, 0) is 18.6 Å². The standard InChI is InChI=1S/C13H18N4.ClH/c1-16-12-5-3-2-4-11(12)15-13(16)9-17-7-6-10(14)8-17;/h2-5,10H,6-9,14H2,1H3;1H. The summed E-state index contributed by atoms with van der Waals surface area (Å²) in [5.41, 5.74) is 8.20. The van der Waals surface area contributed by atoms with Crippen LogP contribution in [0.2, 0.25) is 0 Å². The largest absolute Gasteiger partial charge is 0.330 e. The average Bonchev–Trinajstić information content (AvgIpc) is 2.86. The van der Waals surface area contributed by atoms with Crippen molar-refractivity contribution in [2.45, 2.75) is 19.0 Å². The van der Waals surface area contributed by atoms with Crippen molar-refractivity contribution in [3.63, 3.8) is 0 Å². The Labute approximate surface area is 113 Å². The second kappa shape index (κ2) is 5.26. The lowest BCUT2D eigenvalue weighted by Gasteiger charge is -2.14. The van der Waals surface area contributed by atoms with Gasteiger partial charge in [0.25, 0.3) is 0 Å². The molecular formula is C13H19ClN4. The smallest absolute Gasteiger partial charge is 0.123 e. The lowest BCUT2D eigenvalue weighted by atomic mass is 10.3. The Morgan fingerprint density at radius 2 is 2.17 bits per heavy atom. The van der Waals surface area contributed by atoms with Crippen molar-refractivity contribution in [2.75, 3.05) is 13.1 Å². The van der Waals surface area contributed by atoms with Gasteiger partial charge in [-0.25, -0.2) is 4.98 Å². The monoisotopic (exact) mass is 266 g/mol. The fraction of sp³-hybridized carbons (Fsp3) is 0.462. The van der Waals surface area contributed by atoms with Gasteiger partial charge in [0.1, 0.15) is 5.82 Å². The van der Waals surface area contributed by atoms with Crippen LogP contribution in [0.3, 0.4) is 0 Å². The Morgan fingerprint density at radius 3 is 2.83 bits per heavy atom. The normalized spacial score (nSPS) is 20.2. The second-order valence-corrected chi connectivity index (χ2v) is 4.86. The third-order valence-corrected chi connectivity index (χ3v) is 3.55. The first-order valence-corrected chi connectivity index (χ1v) is 6.12. The van der Waals surface area contributed by atoms with Crippen LogP contribution in [-0.2, 0) is 13.6 Å². The van der Waals surface area contributed by atoms with Crippen LogP contribution in [0, 0.1) is 0 Å². The van der Waals surface area contributed by atoms with E-state index >= 15 is 0 Å². The molecule has 1 atom stereocenters. The van der Waals surface area contributed by atoms with Crippen LogP contribution in [0.4, 0.5) is 0 Å². The molecule has 2 heterocycles. The van der Waals surface area contributed by atoms with Crippen LogP contribution in [0.15, 0.2) is 24.3 Å². The summed E-state index contributed by atoms with van der Waals surface area (Å²) in [6.07, 6.45) is 1.10. The number of aryl methyl sites for hydroxylation is 1. The summed E-state index contributed by atoms with van der Waals surface area (Å²) in [5, 5.41) is 0. The Kier molecular flexibility index (Phi) is 3.90. The maximum atomic E-state index is 5.92. The summed E-state index contributed by atoms with van der Waals surface area (Å²) < 4.78 is 2.18. The molecule has 1 aliphatic rings. The highest BCUT2D eigenvalue weighted by Gasteiger charge is 2.20. The number of hydrogen-bond acceptors (Lipinski definition) is 3. The molecule has 0 saturated carbocycles. The quantitative estimate of drug-likeness (QED) is 0.897. The predicted octanol–water partition coefficient (Wildman–Crippen LogP) is 1.53. The van der Waals surface area contributed by atoms with E-state index < -0.39 is 0 Å². The minimum atomic E-state index is 0. The highest BCUT2D eigenvalue weighted by molar-refractivity contribution is 5.85. The molecule has 4 nitrogen and oxygen atoms in total. The number of nitrogens with two attached hydrogens (primary N) is 1. The number of para-hydroxylation sites is 2. The summed E-state index contributed by atoms with van der Waals surface area (Å²) in [4.78, 5) is 7.06. The van der Waals surface area contributed by atoms with Crippen molar-refractivity contribution < 1.29 is 0 Å². The van der Waals surface area contributed by atoms with Gasteiger partial charge in [-0.15, -0.1) is 12.4 Å². The molecule has 1 fully saturated rings. The number of halogens is 1. The molecule has 98 valence electrons. The molecule has 1 aliphatic heterocycles. The van der Waals surface area contributed by atoms with Gasteiger partial charge in [-0.3, -0.25) is 4.90 Å². The number of imidazole rings is 1. The molecule has 0 amide bonds. The molecule has 2 aromatic rings. The van der Waals surface area contributed by atoms with E-state index in [4.69, 9.17) is 5.73 Å². The minimum absolute atomic E-state index is 0. The molecule has 5 heteroatoms. The van der Waals surface area contributed by atoms with Crippen molar-refractivity contribution in [2.24, 2.45) is 12.8 Å². The lowest BCUT2D eigenvalue weighted by molar-refractivity contribution is 0.315. The Bertz CT molecular complexity index is 537. The minimum Gasteiger partial charge on any atom is -0.330 e. The van der Waals surface area contributed by atoms with Crippen LogP contribution in [0.5, 0.6) is 0 Å². The van der Waals surface area contributed by atoms with Crippen LogP contribution >= 0.6 is 12.4 Å². The highest BCUT2D eigenvalue weighted by Crippen LogP contribution is 2.17. The van der Waals surface area contributed by atoms with Gasteiger partial charge in [0.15, 0.2) is 0 Å². The van der Waals surface area contributed by atoms with Gasteiger partial charge in [-0.1, -0.05) is 12.1 Å². The summed E-state index contributed by atoms with van der Waals surface area (Å²) in [6.45, 7) is 2.98. The fourth-order valence-corrected chi connectivity index (χ4v) is 2.54. The number of likely N-dealkylation sites (tertiary alicyclic amines) is 1. The summed E-state index contributed by atoms with van der Waals surface area (Å²) in [7, 11) is 2.08. The van der Waals surface area contributed by atoms with Crippen LogP contribution in [0.1, 0.15) is 12.2 Å². The first-order valence-electron chi connectivity index (χ1n) is 6.12. The van der Waals surface area contributed by atoms with E-state index in [0.717, 1.165) is 37.4 Å². The van der Waals surface area contributed by atoms with E-state index in [1.165, 1.54) is 5.52 Å². The number of hydrogen-bond donors (Lipinski definition) is 1. The van der Waals surface area contributed by atoms with Crippen LogP contribution in [-0.4, -0.2) is 33.6 Å². The van der Waals surface area contributed by atoms with E-state index in [2.05, 4.69) is 39.7 Å². The molecular weight excluding hydrogens is 248 g/mol. The number of fused-ring (bicyclic) bond motifs is 1. The van der Waals surface area contributed by atoms with E-state index in [0.29, 0.717) is 6.04 Å². The van der Waals surface area contributed by atoms with Crippen LogP contribution < -0.4 is 5.73 Å². The average molecular weight is 267 g/mol. The Hall–Kier alpha value is -1.10. The lowest BCUT2D eigenvalue weighted by Crippen LogP contribution is -2.27. The molecule has 1 unspecified atom stereocenters. The third kappa shape index (κ3) is 2.36. The topological polar surface area (TPSA) is 47.1 Å². The number of rotatable bonds is 2.